The lowest BCUT2D eigenvalue weighted by molar-refractivity contribution is 0.289. The maximum absolute atomic E-state index is 13.5. The van der Waals surface area contributed by atoms with E-state index in [1.165, 1.54) is 17.0 Å². The van der Waals surface area contributed by atoms with Crippen LogP contribution < -0.4 is 21.5 Å². The van der Waals surface area contributed by atoms with E-state index in [-0.39, 0.29) is 11.1 Å². The van der Waals surface area contributed by atoms with Gasteiger partial charge in [0.05, 0.1) is 24.1 Å². The molecule has 0 saturated heterocycles. The van der Waals surface area contributed by atoms with Crippen LogP contribution in [0.4, 0.5) is 0 Å². The monoisotopic (exact) mass is 478 g/mol. The summed E-state index contributed by atoms with van der Waals surface area (Å²) in [4.78, 5) is 46.3. The third-order valence-electron chi connectivity index (χ3n) is 5.22. The predicted octanol–water partition coefficient (Wildman–Crippen LogP) is 4.02. The van der Waals surface area contributed by atoms with Gasteiger partial charge >= 0.3 is 5.69 Å². The SMILES string of the molecule is CC(C)CCOc1cc(Cl)cc(-c2cc(-c3c[nH]c(=O)[nH]c3=O)cn(-c3cccnc3)c2=O)c1. The fourth-order valence-corrected chi connectivity index (χ4v) is 3.69. The number of rotatable bonds is 7. The summed E-state index contributed by atoms with van der Waals surface area (Å²) < 4.78 is 7.27. The summed E-state index contributed by atoms with van der Waals surface area (Å²) >= 11 is 6.36. The van der Waals surface area contributed by atoms with E-state index in [0.29, 0.717) is 45.7 Å². The third-order valence-corrected chi connectivity index (χ3v) is 5.44. The Balaban J connectivity index is 1.90. The first kappa shape index (κ1) is 23.3. The van der Waals surface area contributed by atoms with Crippen LogP contribution in [0.2, 0.25) is 5.02 Å². The molecule has 0 aliphatic carbocycles. The number of H-pyrrole nitrogens is 2. The first-order valence-corrected chi connectivity index (χ1v) is 11.1. The molecule has 34 heavy (non-hydrogen) atoms. The molecule has 3 heterocycles. The van der Waals surface area contributed by atoms with E-state index in [1.807, 2.05) is 0 Å². The number of hydrogen-bond donors (Lipinski definition) is 2. The minimum absolute atomic E-state index is 0.203. The maximum atomic E-state index is 13.5. The fourth-order valence-electron chi connectivity index (χ4n) is 3.46. The van der Waals surface area contributed by atoms with E-state index in [0.717, 1.165) is 6.42 Å². The van der Waals surface area contributed by atoms with Gasteiger partial charge in [-0.05, 0) is 54.3 Å². The molecule has 174 valence electrons. The van der Waals surface area contributed by atoms with Crippen molar-refractivity contribution in [2.45, 2.75) is 20.3 Å². The molecule has 3 aromatic heterocycles. The number of aromatic nitrogens is 4. The lowest BCUT2D eigenvalue weighted by atomic mass is 10.0. The Morgan fingerprint density at radius 2 is 1.91 bits per heavy atom. The molecule has 0 unspecified atom stereocenters. The largest absolute Gasteiger partial charge is 0.494 e. The highest BCUT2D eigenvalue weighted by molar-refractivity contribution is 6.31. The molecule has 2 N–H and O–H groups in total. The Bertz CT molecular complexity index is 1490. The van der Waals surface area contributed by atoms with Crippen LogP contribution in [0.5, 0.6) is 5.75 Å². The van der Waals surface area contributed by atoms with E-state index >= 15 is 0 Å². The molecule has 0 saturated carbocycles. The van der Waals surface area contributed by atoms with Gasteiger partial charge in [0, 0.05) is 34.7 Å². The van der Waals surface area contributed by atoms with E-state index in [9.17, 15) is 14.4 Å². The predicted molar refractivity (Wildman–Crippen MR) is 132 cm³/mol. The molecule has 1 aromatic carbocycles. The average molecular weight is 479 g/mol. The number of nitrogens with one attached hydrogen (secondary N) is 2. The number of ether oxygens (including phenoxy) is 1. The second-order valence-electron chi connectivity index (χ2n) is 8.22. The molecule has 0 spiro atoms. The molecule has 4 aromatic rings. The van der Waals surface area contributed by atoms with Gasteiger partial charge in [-0.1, -0.05) is 25.4 Å². The van der Waals surface area contributed by atoms with Gasteiger partial charge in [0.25, 0.3) is 11.1 Å². The van der Waals surface area contributed by atoms with Crippen LogP contribution in [-0.2, 0) is 0 Å². The lowest BCUT2D eigenvalue weighted by Crippen LogP contribution is -2.24. The van der Waals surface area contributed by atoms with Crippen LogP contribution in [0.25, 0.3) is 27.9 Å². The average Bonchev–Trinajstić information content (AvgIpc) is 2.79. The van der Waals surface area contributed by atoms with Crippen molar-refractivity contribution in [1.29, 1.82) is 0 Å². The Kier molecular flexibility index (Phi) is 6.79. The van der Waals surface area contributed by atoms with Crippen molar-refractivity contribution in [2.24, 2.45) is 5.92 Å². The maximum Gasteiger partial charge on any atom is 0.325 e. The zero-order chi connectivity index (χ0) is 24.2. The van der Waals surface area contributed by atoms with Gasteiger partial charge in [0.1, 0.15) is 5.75 Å². The van der Waals surface area contributed by atoms with Crippen LogP contribution in [-0.4, -0.2) is 26.1 Å². The van der Waals surface area contributed by atoms with Gasteiger partial charge in [-0.25, -0.2) is 4.79 Å². The second kappa shape index (κ2) is 9.93. The highest BCUT2D eigenvalue weighted by atomic mass is 35.5. The minimum atomic E-state index is -0.618. The lowest BCUT2D eigenvalue weighted by Gasteiger charge is -2.14. The Morgan fingerprint density at radius 1 is 1.09 bits per heavy atom. The highest BCUT2D eigenvalue weighted by Gasteiger charge is 2.15. The standard InChI is InChI=1S/C25H23ClN4O4/c1-15(2)5-7-34-20-9-16(8-18(26)11-20)21-10-17(22-13-28-25(33)29-23(22)31)14-30(24(21)32)19-4-3-6-27-12-19/h3-4,6,8-15H,5,7H2,1-2H3,(H2,28,29,31,33). The number of nitrogens with zero attached hydrogens (tertiary/aromatic N) is 2. The van der Waals surface area contributed by atoms with Gasteiger partial charge in [-0.15, -0.1) is 0 Å². The molecule has 0 radical (unpaired) electrons. The molecule has 0 aliphatic rings. The number of benzene rings is 1. The van der Waals surface area contributed by atoms with E-state index in [4.69, 9.17) is 16.3 Å². The second-order valence-corrected chi connectivity index (χ2v) is 8.66. The number of hydrogen-bond acceptors (Lipinski definition) is 5. The number of halogens is 1. The first-order valence-electron chi connectivity index (χ1n) is 10.7. The summed E-state index contributed by atoms with van der Waals surface area (Å²) in [6.45, 7) is 4.74. The van der Waals surface area contributed by atoms with Crippen molar-refractivity contribution in [2.75, 3.05) is 6.61 Å². The smallest absolute Gasteiger partial charge is 0.325 e. The summed E-state index contributed by atoms with van der Waals surface area (Å²) in [5.74, 6) is 1.03. The van der Waals surface area contributed by atoms with Crippen LogP contribution in [0.1, 0.15) is 20.3 Å². The van der Waals surface area contributed by atoms with E-state index in [2.05, 4.69) is 28.8 Å². The molecule has 0 bridgehead atoms. The van der Waals surface area contributed by atoms with E-state index < -0.39 is 11.2 Å². The normalized spacial score (nSPS) is 11.1. The Morgan fingerprint density at radius 3 is 2.62 bits per heavy atom. The fraction of sp³-hybridized carbons (Fsp3) is 0.200. The van der Waals surface area contributed by atoms with Crippen LogP contribution in [0.15, 0.2) is 75.6 Å². The van der Waals surface area contributed by atoms with Crippen LogP contribution in [0, 0.1) is 5.92 Å². The molecule has 0 aliphatic heterocycles. The minimum Gasteiger partial charge on any atom is -0.494 e. The van der Waals surface area contributed by atoms with Crippen LogP contribution in [0.3, 0.4) is 0 Å². The highest BCUT2D eigenvalue weighted by Crippen LogP contribution is 2.29. The summed E-state index contributed by atoms with van der Waals surface area (Å²) in [7, 11) is 0. The molecular weight excluding hydrogens is 456 g/mol. The summed E-state index contributed by atoms with van der Waals surface area (Å²) in [6, 6.07) is 10.2. The van der Waals surface area contributed by atoms with E-state index in [1.54, 1.807) is 48.8 Å². The topological polar surface area (TPSA) is 110 Å². The van der Waals surface area contributed by atoms with Crippen molar-refractivity contribution in [3.8, 4) is 33.7 Å². The Hall–Kier alpha value is -3.91. The number of aromatic amines is 2. The summed E-state index contributed by atoms with van der Waals surface area (Å²) in [5.41, 5.74) is 0.482. The van der Waals surface area contributed by atoms with Gasteiger partial charge in [-0.2, -0.15) is 0 Å². The molecule has 8 nitrogen and oxygen atoms in total. The zero-order valence-corrected chi connectivity index (χ0v) is 19.4. The molecule has 0 amide bonds. The van der Waals surface area contributed by atoms with Gasteiger partial charge in [0.15, 0.2) is 0 Å². The Labute approximate surface area is 199 Å². The molecule has 4 rings (SSSR count). The van der Waals surface area contributed by atoms with Gasteiger partial charge in [0.2, 0.25) is 0 Å². The molecule has 0 atom stereocenters. The van der Waals surface area contributed by atoms with Crippen LogP contribution >= 0.6 is 11.6 Å². The van der Waals surface area contributed by atoms with Crippen molar-refractivity contribution in [3.05, 3.63) is 97.4 Å². The van der Waals surface area contributed by atoms with Gasteiger partial charge < -0.3 is 9.72 Å². The van der Waals surface area contributed by atoms with Crippen molar-refractivity contribution in [1.82, 2.24) is 19.5 Å². The number of pyridine rings is 2. The van der Waals surface area contributed by atoms with Gasteiger partial charge in [-0.3, -0.25) is 24.1 Å². The quantitative estimate of drug-likeness (QED) is 0.417. The van der Waals surface area contributed by atoms with Crippen molar-refractivity contribution in [3.63, 3.8) is 0 Å². The molecule has 0 fully saturated rings. The van der Waals surface area contributed by atoms with Crippen molar-refractivity contribution < 1.29 is 4.74 Å². The molecular formula is C25H23ClN4O4. The molecule has 9 heteroatoms. The van der Waals surface area contributed by atoms with Crippen molar-refractivity contribution >= 4 is 11.6 Å². The zero-order valence-electron chi connectivity index (χ0n) is 18.7. The first-order chi connectivity index (χ1) is 16.3. The third kappa shape index (κ3) is 5.18. The summed E-state index contributed by atoms with van der Waals surface area (Å²) in [6.07, 6.45) is 6.88. The summed E-state index contributed by atoms with van der Waals surface area (Å²) in [5, 5.41) is 0.414.